The molecule has 2 aromatic rings. The fraction of sp³-hybridized carbons (Fsp3) is 0.333. The van der Waals surface area contributed by atoms with Crippen molar-refractivity contribution in [2.75, 3.05) is 0 Å². The quantitative estimate of drug-likeness (QED) is 0.843. The number of nitrogens with two attached hydrogens (primary N) is 1. The lowest BCUT2D eigenvalue weighted by Crippen LogP contribution is -2.40. The van der Waals surface area contributed by atoms with Crippen molar-refractivity contribution in [2.24, 2.45) is 5.73 Å². The minimum absolute atomic E-state index is 0. The molecule has 0 spiro atoms. The third-order valence-electron chi connectivity index (χ3n) is 4.09. The van der Waals surface area contributed by atoms with Crippen molar-refractivity contribution >= 4 is 30.7 Å². The number of nitrogens with zero attached hydrogens (tertiary/aromatic N) is 1. The Morgan fingerprint density at radius 1 is 1.04 bits per heavy atom. The molecule has 1 fully saturated rings. The zero-order valence-electron chi connectivity index (χ0n) is 13.8. The van der Waals surface area contributed by atoms with Gasteiger partial charge in [0.25, 0.3) is 5.91 Å². The summed E-state index contributed by atoms with van der Waals surface area (Å²) in [6, 6.07) is 11.3. The van der Waals surface area contributed by atoms with Crippen molar-refractivity contribution in [1.82, 2.24) is 10.3 Å². The molecule has 0 atom stereocenters. The first-order chi connectivity index (χ1) is 11.2. The SMILES string of the molecule is Cl.Cl.NC1CCC(NC(=O)c2ccc(Oc3cccnc3)cc2)CC1. The summed E-state index contributed by atoms with van der Waals surface area (Å²) in [6.07, 6.45) is 7.20. The van der Waals surface area contributed by atoms with Crippen LogP contribution in [-0.4, -0.2) is 23.0 Å². The number of aromatic nitrogens is 1. The Kier molecular flexibility index (Phi) is 8.69. The van der Waals surface area contributed by atoms with E-state index in [1.54, 1.807) is 36.7 Å². The van der Waals surface area contributed by atoms with E-state index >= 15 is 0 Å². The van der Waals surface area contributed by atoms with Crippen LogP contribution in [0.3, 0.4) is 0 Å². The number of benzene rings is 1. The van der Waals surface area contributed by atoms with Crippen molar-refractivity contribution in [1.29, 1.82) is 0 Å². The van der Waals surface area contributed by atoms with E-state index in [1.165, 1.54) is 0 Å². The number of hydrogen-bond acceptors (Lipinski definition) is 4. The van der Waals surface area contributed by atoms with E-state index in [2.05, 4.69) is 10.3 Å². The van der Waals surface area contributed by atoms with Gasteiger partial charge in [-0.05, 0) is 62.1 Å². The normalized spacial score (nSPS) is 19.1. The summed E-state index contributed by atoms with van der Waals surface area (Å²) in [5, 5.41) is 3.08. The first-order valence-electron chi connectivity index (χ1n) is 7.95. The molecule has 25 heavy (non-hydrogen) atoms. The predicted octanol–water partition coefficient (Wildman–Crippen LogP) is 3.72. The first-order valence-corrected chi connectivity index (χ1v) is 7.95. The second-order valence-corrected chi connectivity index (χ2v) is 5.90. The van der Waals surface area contributed by atoms with Gasteiger partial charge in [0.2, 0.25) is 0 Å². The van der Waals surface area contributed by atoms with Gasteiger partial charge in [0.15, 0.2) is 0 Å². The van der Waals surface area contributed by atoms with Gasteiger partial charge in [0.05, 0.1) is 6.20 Å². The predicted molar refractivity (Wildman–Crippen MR) is 103 cm³/mol. The molecule has 1 saturated carbocycles. The fourth-order valence-electron chi connectivity index (χ4n) is 2.75. The number of hydrogen-bond donors (Lipinski definition) is 2. The Morgan fingerprint density at radius 3 is 2.32 bits per heavy atom. The zero-order valence-corrected chi connectivity index (χ0v) is 15.4. The highest BCUT2D eigenvalue weighted by molar-refractivity contribution is 5.94. The third kappa shape index (κ3) is 6.20. The molecular formula is C18H23Cl2N3O2. The summed E-state index contributed by atoms with van der Waals surface area (Å²) in [6.45, 7) is 0. The van der Waals surface area contributed by atoms with Crippen LogP contribution in [0.2, 0.25) is 0 Å². The topological polar surface area (TPSA) is 77.2 Å². The van der Waals surface area contributed by atoms with Gasteiger partial charge >= 0.3 is 0 Å². The van der Waals surface area contributed by atoms with E-state index in [4.69, 9.17) is 10.5 Å². The second-order valence-electron chi connectivity index (χ2n) is 5.90. The maximum atomic E-state index is 12.3. The van der Waals surface area contributed by atoms with Crippen LogP contribution >= 0.6 is 24.8 Å². The van der Waals surface area contributed by atoms with E-state index < -0.39 is 0 Å². The highest BCUT2D eigenvalue weighted by Crippen LogP contribution is 2.21. The number of pyridine rings is 1. The van der Waals surface area contributed by atoms with E-state index in [9.17, 15) is 4.79 Å². The summed E-state index contributed by atoms with van der Waals surface area (Å²) >= 11 is 0. The number of ether oxygens (including phenoxy) is 1. The highest BCUT2D eigenvalue weighted by atomic mass is 35.5. The van der Waals surface area contributed by atoms with Gasteiger partial charge in [-0.1, -0.05) is 0 Å². The Labute approximate surface area is 160 Å². The lowest BCUT2D eigenvalue weighted by molar-refractivity contribution is 0.0926. The molecule has 0 bridgehead atoms. The minimum Gasteiger partial charge on any atom is -0.456 e. The number of carbonyl (C=O) groups excluding carboxylic acids is 1. The van der Waals surface area contributed by atoms with Crippen LogP contribution in [0.25, 0.3) is 0 Å². The molecular weight excluding hydrogens is 361 g/mol. The van der Waals surface area contributed by atoms with Crippen molar-refractivity contribution in [2.45, 2.75) is 37.8 Å². The average molecular weight is 384 g/mol. The summed E-state index contributed by atoms with van der Waals surface area (Å²) in [4.78, 5) is 16.3. The molecule has 1 aromatic carbocycles. The number of rotatable bonds is 4. The molecule has 1 aliphatic rings. The molecule has 1 aromatic heterocycles. The molecule has 136 valence electrons. The van der Waals surface area contributed by atoms with Gasteiger partial charge in [-0.2, -0.15) is 0 Å². The van der Waals surface area contributed by atoms with Crippen LogP contribution in [0.5, 0.6) is 11.5 Å². The molecule has 0 unspecified atom stereocenters. The van der Waals surface area contributed by atoms with Gasteiger partial charge in [-0.3, -0.25) is 9.78 Å². The van der Waals surface area contributed by atoms with E-state index in [0.717, 1.165) is 25.7 Å². The Morgan fingerprint density at radius 2 is 1.72 bits per heavy atom. The lowest BCUT2D eigenvalue weighted by Gasteiger charge is -2.26. The van der Waals surface area contributed by atoms with Crippen LogP contribution < -0.4 is 15.8 Å². The van der Waals surface area contributed by atoms with Crippen LogP contribution in [0.4, 0.5) is 0 Å². The maximum absolute atomic E-state index is 12.3. The van der Waals surface area contributed by atoms with Crippen molar-refractivity contribution in [3.8, 4) is 11.5 Å². The van der Waals surface area contributed by atoms with Gasteiger partial charge in [-0.25, -0.2) is 0 Å². The van der Waals surface area contributed by atoms with Gasteiger partial charge < -0.3 is 15.8 Å². The molecule has 7 heteroatoms. The molecule has 3 rings (SSSR count). The zero-order chi connectivity index (χ0) is 16.1. The van der Waals surface area contributed by atoms with E-state index in [1.807, 2.05) is 12.1 Å². The number of carbonyl (C=O) groups is 1. The second kappa shape index (κ2) is 10.2. The minimum atomic E-state index is -0.0431. The van der Waals surface area contributed by atoms with E-state index in [-0.39, 0.29) is 42.8 Å². The lowest BCUT2D eigenvalue weighted by atomic mass is 9.91. The third-order valence-corrected chi connectivity index (χ3v) is 4.09. The van der Waals surface area contributed by atoms with Crippen molar-refractivity contribution in [3.05, 3.63) is 54.4 Å². The van der Waals surface area contributed by atoms with Crippen LogP contribution in [0.15, 0.2) is 48.8 Å². The van der Waals surface area contributed by atoms with Crippen LogP contribution in [0.1, 0.15) is 36.0 Å². The molecule has 1 amide bonds. The standard InChI is InChI=1S/C18H21N3O2.2ClH/c19-14-5-7-15(8-6-14)21-18(22)13-3-9-16(10-4-13)23-17-2-1-11-20-12-17;;/h1-4,9-12,14-15H,5-8,19H2,(H,21,22);2*1H. The Bertz CT molecular complexity index is 645. The summed E-state index contributed by atoms with van der Waals surface area (Å²) < 4.78 is 5.67. The van der Waals surface area contributed by atoms with Crippen LogP contribution in [-0.2, 0) is 0 Å². The molecule has 3 N–H and O–H groups in total. The van der Waals surface area contributed by atoms with Gasteiger partial charge in [0.1, 0.15) is 11.5 Å². The highest BCUT2D eigenvalue weighted by Gasteiger charge is 2.20. The number of amides is 1. The van der Waals surface area contributed by atoms with Crippen LogP contribution in [0, 0.1) is 0 Å². The molecule has 1 aliphatic carbocycles. The maximum Gasteiger partial charge on any atom is 0.251 e. The summed E-state index contributed by atoms with van der Waals surface area (Å²) in [7, 11) is 0. The fourth-order valence-corrected chi connectivity index (χ4v) is 2.75. The van der Waals surface area contributed by atoms with Gasteiger partial charge in [0, 0.05) is 23.8 Å². The average Bonchev–Trinajstić information content (AvgIpc) is 2.58. The Hall–Kier alpha value is -1.82. The van der Waals surface area contributed by atoms with Gasteiger partial charge in [-0.15, -0.1) is 24.8 Å². The summed E-state index contributed by atoms with van der Waals surface area (Å²) in [5.41, 5.74) is 6.53. The molecule has 5 nitrogen and oxygen atoms in total. The first kappa shape index (κ1) is 21.2. The summed E-state index contributed by atoms with van der Waals surface area (Å²) in [5.74, 6) is 1.31. The largest absolute Gasteiger partial charge is 0.456 e. The Balaban J connectivity index is 0.00000156. The monoisotopic (exact) mass is 383 g/mol. The van der Waals surface area contributed by atoms with Crippen molar-refractivity contribution < 1.29 is 9.53 Å². The van der Waals surface area contributed by atoms with E-state index in [0.29, 0.717) is 17.1 Å². The van der Waals surface area contributed by atoms with Crippen molar-refractivity contribution in [3.63, 3.8) is 0 Å². The molecule has 0 saturated heterocycles. The molecule has 0 radical (unpaired) electrons. The number of nitrogens with one attached hydrogen (secondary N) is 1. The number of halogens is 2. The molecule has 1 heterocycles. The molecule has 0 aliphatic heterocycles. The smallest absolute Gasteiger partial charge is 0.251 e.